The summed E-state index contributed by atoms with van der Waals surface area (Å²) in [6, 6.07) is 5.19. The number of hydrogen-bond donors (Lipinski definition) is 2. The molecule has 1 unspecified atom stereocenters. The fraction of sp³-hybridized carbons (Fsp3) is 0.300. The van der Waals surface area contributed by atoms with Gasteiger partial charge in [-0.15, -0.1) is 10.2 Å². The topological polar surface area (TPSA) is 96.5 Å². The standard InChI is InChI=1S/C10H12N6O/c1-7(10-13-15-16-14-10)12-9(17)6-8-4-2-3-5-11-8/h2-5,7H,6H2,1H3,(H,12,17)(H,13,14,15,16). The second kappa shape index (κ2) is 5.15. The van der Waals surface area contributed by atoms with Crippen LogP contribution in [-0.2, 0) is 11.2 Å². The Morgan fingerprint density at radius 1 is 1.53 bits per heavy atom. The predicted molar refractivity (Wildman–Crippen MR) is 58.7 cm³/mol. The van der Waals surface area contributed by atoms with Gasteiger partial charge in [0.1, 0.15) is 0 Å². The molecule has 0 aliphatic heterocycles. The van der Waals surface area contributed by atoms with Crippen LogP contribution in [0.4, 0.5) is 0 Å². The Labute approximate surface area is 97.7 Å². The number of rotatable bonds is 4. The maximum Gasteiger partial charge on any atom is 0.226 e. The molecule has 2 N–H and O–H groups in total. The third kappa shape index (κ3) is 3.07. The molecule has 7 heteroatoms. The van der Waals surface area contributed by atoms with Gasteiger partial charge in [-0.2, -0.15) is 5.21 Å². The molecule has 0 bridgehead atoms. The number of pyridine rings is 1. The van der Waals surface area contributed by atoms with Crippen LogP contribution < -0.4 is 5.32 Å². The molecule has 0 saturated carbocycles. The van der Waals surface area contributed by atoms with Crippen LogP contribution in [0.25, 0.3) is 0 Å². The van der Waals surface area contributed by atoms with Crippen molar-refractivity contribution in [1.82, 2.24) is 30.9 Å². The minimum atomic E-state index is -0.273. The molecule has 2 heterocycles. The lowest BCUT2D eigenvalue weighted by molar-refractivity contribution is -0.121. The van der Waals surface area contributed by atoms with Crippen LogP contribution in [0.1, 0.15) is 24.5 Å². The van der Waals surface area contributed by atoms with Crippen LogP contribution in [0.15, 0.2) is 24.4 Å². The Balaban J connectivity index is 1.90. The SMILES string of the molecule is CC(NC(=O)Cc1ccccn1)c1nn[nH]n1. The van der Waals surface area contributed by atoms with Gasteiger partial charge in [0.25, 0.3) is 0 Å². The highest BCUT2D eigenvalue weighted by Gasteiger charge is 2.13. The summed E-state index contributed by atoms with van der Waals surface area (Å²) in [5, 5.41) is 16.1. The zero-order valence-electron chi connectivity index (χ0n) is 9.29. The zero-order chi connectivity index (χ0) is 12.1. The smallest absolute Gasteiger partial charge is 0.226 e. The van der Waals surface area contributed by atoms with Crippen LogP contribution in [-0.4, -0.2) is 31.5 Å². The molecule has 0 fully saturated rings. The second-order valence-electron chi connectivity index (χ2n) is 3.56. The molecule has 0 aliphatic rings. The molecule has 0 saturated heterocycles. The average Bonchev–Trinajstić information content (AvgIpc) is 2.83. The van der Waals surface area contributed by atoms with Crippen LogP contribution in [0.5, 0.6) is 0 Å². The minimum Gasteiger partial charge on any atom is -0.346 e. The third-order valence-electron chi connectivity index (χ3n) is 2.19. The number of nitrogens with one attached hydrogen (secondary N) is 2. The van der Waals surface area contributed by atoms with E-state index in [-0.39, 0.29) is 18.4 Å². The third-order valence-corrected chi connectivity index (χ3v) is 2.19. The van der Waals surface area contributed by atoms with Gasteiger partial charge in [0, 0.05) is 11.9 Å². The Kier molecular flexibility index (Phi) is 3.39. The number of tetrazole rings is 1. The van der Waals surface area contributed by atoms with Crippen molar-refractivity contribution in [3.8, 4) is 0 Å². The van der Waals surface area contributed by atoms with Crippen LogP contribution in [0.3, 0.4) is 0 Å². The van der Waals surface area contributed by atoms with Gasteiger partial charge in [-0.05, 0) is 19.1 Å². The highest BCUT2D eigenvalue weighted by atomic mass is 16.1. The van der Waals surface area contributed by atoms with E-state index < -0.39 is 0 Å². The highest BCUT2D eigenvalue weighted by molar-refractivity contribution is 5.78. The first-order chi connectivity index (χ1) is 8.25. The molecule has 1 amide bonds. The van der Waals surface area contributed by atoms with Gasteiger partial charge in [0.2, 0.25) is 5.91 Å². The first-order valence-electron chi connectivity index (χ1n) is 5.18. The van der Waals surface area contributed by atoms with E-state index in [1.54, 1.807) is 19.2 Å². The molecule has 0 spiro atoms. The van der Waals surface area contributed by atoms with Gasteiger partial charge in [-0.3, -0.25) is 9.78 Å². The lowest BCUT2D eigenvalue weighted by atomic mass is 10.2. The van der Waals surface area contributed by atoms with E-state index in [0.29, 0.717) is 5.82 Å². The van der Waals surface area contributed by atoms with E-state index in [0.717, 1.165) is 5.69 Å². The molecule has 0 radical (unpaired) electrons. The lowest BCUT2D eigenvalue weighted by Crippen LogP contribution is -2.29. The summed E-state index contributed by atoms with van der Waals surface area (Å²) < 4.78 is 0. The molecular weight excluding hydrogens is 220 g/mol. The number of carbonyl (C=O) groups excluding carboxylic acids is 1. The molecule has 17 heavy (non-hydrogen) atoms. The van der Waals surface area contributed by atoms with Crippen molar-refractivity contribution in [2.45, 2.75) is 19.4 Å². The number of aromatic amines is 1. The van der Waals surface area contributed by atoms with E-state index >= 15 is 0 Å². The summed E-state index contributed by atoms with van der Waals surface area (Å²) >= 11 is 0. The molecule has 0 aliphatic carbocycles. The normalized spacial score (nSPS) is 12.1. The van der Waals surface area contributed by atoms with Gasteiger partial charge < -0.3 is 5.32 Å². The Hall–Kier alpha value is -2.31. The monoisotopic (exact) mass is 232 g/mol. The minimum absolute atomic E-state index is 0.124. The van der Waals surface area contributed by atoms with E-state index in [4.69, 9.17) is 0 Å². The quantitative estimate of drug-likeness (QED) is 0.774. The highest BCUT2D eigenvalue weighted by Crippen LogP contribution is 2.03. The van der Waals surface area contributed by atoms with Crippen LogP contribution in [0, 0.1) is 0 Å². The van der Waals surface area contributed by atoms with Crippen LogP contribution >= 0.6 is 0 Å². The van der Waals surface area contributed by atoms with E-state index in [1.807, 2.05) is 12.1 Å². The zero-order valence-corrected chi connectivity index (χ0v) is 9.29. The largest absolute Gasteiger partial charge is 0.346 e. The van der Waals surface area contributed by atoms with Gasteiger partial charge >= 0.3 is 0 Å². The van der Waals surface area contributed by atoms with E-state index in [9.17, 15) is 4.79 Å². The predicted octanol–water partition coefficient (Wildman–Crippen LogP) is 0.0146. The average molecular weight is 232 g/mol. The maximum absolute atomic E-state index is 11.7. The van der Waals surface area contributed by atoms with Crippen molar-refractivity contribution < 1.29 is 4.79 Å². The molecule has 7 nitrogen and oxygen atoms in total. The van der Waals surface area contributed by atoms with E-state index in [2.05, 4.69) is 30.9 Å². The lowest BCUT2D eigenvalue weighted by Gasteiger charge is -2.09. The van der Waals surface area contributed by atoms with Crippen molar-refractivity contribution in [1.29, 1.82) is 0 Å². The summed E-state index contributed by atoms with van der Waals surface area (Å²) in [4.78, 5) is 15.8. The van der Waals surface area contributed by atoms with E-state index in [1.165, 1.54) is 0 Å². The van der Waals surface area contributed by atoms with Crippen LogP contribution in [0.2, 0.25) is 0 Å². The summed E-state index contributed by atoms with van der Waals surface area (Å²) in [7, 11) is 0. The number of amides is 1. The van der Waals surface area contributed by atoms with Gasteiger partial charge in [0.15, 0.2) is 5.82 Å². The first kappa shape index (κ1) is 11.2. The van der Waals surface area contributed by atoms with Crippen molar-refractivity contribution in [3.05, 3.63) is 35.9 Å². The number of nitrogens with zero attached hydrogens (tertiary/aromatic N) is 4. The van der Waals surface area contributed by atoms with Gasteiger partial charge in [0.05, 0.1) is 12.5 Å². The molecule has 1 atom stereocenters. The summed E-state index contributed by atoms with van der Waals surface area (Å²) in [6.45, 7) is 1.79. The Morgan fingerprint density at radius 3 is 3.06 bits per heavy atom. The fourth-order valence-corrected chi connectivity index (χ4v) is 1.38. The Morgan fingerprint density at radius 2 is 2.41 bits per heavy atom. The number of carbonyl (C=O) groups is 1. The molecule has 0 aromatic carbocycles. The maximum atomic E-state index is 11.7. The summed E-state index contributed by atoms with van der Waals surface area (Å²) in [5.74, 6) is 0.334. The van der Waals surface area contributed by atoms with Gasteiger partial charge in [-0.25, -0.2) is 0 Å². The second-order valence-corrected chi connectivity index (χ2v) is 3.56. The summed E-state index contributed by atoms with van der Waals surface area (Å²) in [5.41, 5.74) is 0.727. The molecular formula is C10H12N6O. The molecule has 2 rings (SSSR count). The number of hydrogen-bond acceptors (Lipinski definition) is 5. The number of H-pyrrole nitrogens is 1. The molecule has 2 aromatic rings. The van der Waals surface area contributed by atoms with Crippen molar-refractivity contribution in [2.24, 2.45) is 0 Å². The first-order valence-corrected chi connectivity index (χ1v) is 5.18. The van der Waals surface area contributed by atoms with Crippen molar-refractivity contribution in [3.63, 3.8) is 0 Å². The van der Waals surface area contributed by atoms with Crippen molar-refractivity contribution >= 4 is 5.91 Å². The molecule has 2 aromatic heterocycles. The Bertz CT molecular complexity index is 469. The van der Waals surface area contributed by atoms with Crippen molar-refractivity contribution in [2.75, 3.05) is 0 Å². The van der Waals surface area contributed by atoms with Gasteiger partial charge in [-0.1, -0.05) is 11.3 Å². The number of aromatic nitrogens is 5. The summed E-state index contributed by atoms with van der Waals surface area (Å²) in [6.07, 6.45) is 1.90. The fourth-order valence-electron chi connectivity index (χ4n) is 1.38. The molecule has 88 valence electrons.